The molecule has 2 heterocycles. The summed E-state index contributed by atoms with van der Waals surface area (Å²) >= 11 is 6.46. The lowest BCUT2D eigenvalue weighted by atomic mass is 9.73. The molecule has 6 heteroatoms. The third-order valence-electron chi connectivity index (χ3n) is 7.24. The van der Waals surface area contributed by atoms with Crippen LogP contribution in [0.1, 0.15) is 49.8 Å². The number of hydrogen-bond donors (Lipinski definition) is 0. The highest BCUT2D eigenvalue weighted by atomic mass is 35.5. The summed E-state index contributed by atoms with van der Waals surface area (Å²) in [5.74, 6) is 0.561. The van der Waals surface area contributed by atoms with Crippen LogP contribution in [-0.2, 0) is 16.7 Å². The van der Waals surface area contributed by atoms with Gasteiger partial charge in [-0.1, -0.05) is 23.7 Å². The molecule has 170 valence electrons. The molecule has 4 nitrogen and oxygen atoms in total. The van der Waals surface area contributed by atoms with Crippen LogP contribution in [0.25, 0.3) is 10.9 Å². The van der Waals surface area contributed by atoms with Crippen LogP contribution < -0.4 is 0 Å². The monoisotopic (exact) mass is 455 g/mol. The number of rotatable bonds is 7. The van der Waals surface area contributed by atoms with Crippen molar-refractivity contribution in [2.24, 2.45) is 5.92 Å². The number of benzene rings is 2. The van der Waals surface area contributed by atoms with Gasteiger partial charge in [0.15, 0.2) is 0 Å². The van der Waals surface area contributed by atoms with E-state index in [0.717, 1.165) is 60.4 Å². The van der Waals surface area contributed by atoms with E-state index in [2.05, 4.69) is 29.7 Å². The highest BCUT2D eigenvalue weighted by Gasteiger charge is 2.36. The first-order valence-corrected chi connectivity index (χ1v) is 12.0. The Morgan fingerprint density at radius 1 is 1.19 bits per heavy atom. The van der Waals surface area contributed by atoms with Crippen LogP contribution in [0.5, 0.6) is 0 Å². The van der Waals surface area contributed by atoms with Crippen LogP contribution in [-0.4, -0.2) is 41.4 Å². The van der Waals surface area contributed by atoms with Gasteiger partial charge in [-0.3, -0.25) is 4.68 Å². The second-order valence-corrected chi connectivity index (χ2v) is 10.2. The zero-order valence-corrected chi connectivity index (χ0v) is 19.6. The van der Waals surface area contributed by atoms with Gasteiger partial charge in [-0.05, 0) is 88.5 Å². The zero-order valence-electron chi connectivity index (χ0n) is 18.9. The quantitative estimate of drug-likeness (QED) is 0.439. The number of fused-ring (bicyclic) bond motifs is 1. The number of ether oxygens (including phenoxy) is 1. The zero-order chi connectivity index (χ0) is 22.3. The first kappa shape index (κ1) is 21.9. The summed E-state index contributed by atoms with van der Waals surface area (Å²) in [5.41, 5.74) is 3.05. The highest BCUT2D eigenvalue weighted by Crippen LogP contribution is 2.38. The van der Waals surface area contributed by atoms with Crippen LogP contribution in [0.15, 0.2) is 42.6 Å². The summed E-state index contributed by atoms with van der Waals surface area (Å²) in [7, 11) is 2.15. The number of piperidine rings is 1. The molecule has 1 atom stereocenters. The minimum absolute atomic E-state index is 0.114. The van der Waals surface area contributed by atoms with Gasteiger partial charge >= 0.3 is 0 Å². The average molecular weight is 456 g/mol. The minimum atomic E-state index is -0.200. The minimum Gasteiger partial charge on any atom is -0.373 e. The molecule has 2 fully saturated rings. The molecule has 2 aromatic carbocycles. The molecule has 2 aliphatic rings. The van der Waals surface area contributed by atoms with E-state index in [4.69, 9.17) is 21.4 Å². The fourth-order valence-corrected chi connectivity index (χ4v) is 5.12. The maximum Gasteiger partial charge on any atom is 0.123 e. The van der Waals surface area contributed by atoms with Crippen molar-refractivity contribution in [3.8, 4) is 0 Å². The SMILES string of the molecule is C[C@@H](OCC1(c2ccc(F)cc2)CCN(C)CC1)c1cc(Cl)cc2cn(CC3CC3)nc12. The number of aromatic nitrogens is 2. The van der Waals surface area contributed by atoms with E-state index in [1.807, 2.05) is 24.3 Å². The molecule has 32 heavy (non-hydrogen) atoms. The van der Waals surface area contributed by atoms with Crippen molar-refractivity contribution < 1.29 is 9.13 Å². The first-order chi connectivity index (χ1) is 15.4. The molecule has 3 aromatic rings. The van der Waals surface area contributed by atoms with E-state index >= 15 is 0 Å². The Kier molecular flexibility index (Phi) is 5.99. The third kappa shape index (κ3) is 4.57. The molecule has 0 spiro atoms. The van der Waals surface area contributed by atoms with Gasteiger partial charge in [0.05, 0.1) is 18.2 Å². The van der Waals surface area contributed by atoms with Gasteiger partial charge in [-0.25, -0.2) is 4.39 Å². The Morgan fingerprint density at radius 2 is 1.91 bits per heavy atom. The predicted octanol–water partition coefficient (Wildman–Crippen LogP) is 5.98. The van der Waals surface area contributed by atoms with Crippen molar-refractivity contribution in [3.05, 3.63) is 64.6 Å². The van der Waals surface area contributed by atoms with E-state index in [9.17, 15) is 4.39 Å². The molecule has 1 aromatic heterocycles. The Bertz CT molecular complexity index is 1080. The standard InChI is InChI=1S/C26H31ClFN3O/c1-18(24-14-22(27)13-20-16-31(29-25(20)24)15-19-3-4-19)32-17-26(9-11-30(2)12-10-26)21-5-7-23(28)8-6-21/h5-8,13-14,16,18-19H,3-4,9-12,15,17H2,1-2H3/t18-/m1/s1. The molecule has 1 saturated carbocycles. The largest absolute Gasteiger partial charge is 0.373 e. The van der Waals surface area contributed by atoms with Crippen molar-refractivity contribution in [2.45, 2.75) is 50.7 Å². The molecule has 0 N–H and O–H groups in total. The van der Waals surface area contributed by atoms with Gasteiger partial charge in [0, 0.05) is 34.1 Å². The van der Waals surface area contributed by atoms with Gasteiger partial charge < -0.3 is 9.64 Å². The summed E-state index contributed by atoms with van der Waals surface area (Å²) in [4.78, 5) is 2.35. The van der Waals surface area contributed by atoms with E-state index in [1.54, 1.807) is 12.1 Å². The van der Waals surface area contributed by atoms with Crippen molar-refractivity contribution in [2.75, 3.05) is 26.7 Å². The molecular formula is C26H31ClFN3O. The maximum atomic E-state index is 13.6. The summed E-state index contributed by atoms with van der Waals surface area (Å²) < 4.78 is 22.2. The van der Waals surface area contributed by atoms with Crippen LogP contribution in [0.4, 0.5) is 4.39 Å². The second kappa shape index (κ2) is 8.77. The fourth-order valence-electron chi connectivity index (χ4n) is 4.88. The first-order valence-electron chi connectivity index (χ1n) is 11.6. The Hall–Kier alpha value is -1.95. The van der Waals surface area contributed by atoms with Crippen LogP contribution in [0, 0.1) is 11.7 Å². The summed E-state index contributed by atoms with van der Waals surface area (Å²) in [6, 6.07) is 10.9. The normalized spacial score (nSPS) is 20.0. The lowest BCUT2D eigenvalue weighted by Gasteiger charge is -2.41. The van der Waals surface area contributed by atoms with Gasteiger partial charge in [0.2, 0.25) is 0 Å². The lowest BCUT2D eigenvalue weighted by molar-refractivity contribution is 0.00695. The summed E-state index contributed by atoms with van der Waals surface area (Å²) in [5, 5.41) is 6.65. The van der Waals surface area contributed by atoms with Gasteiger partial charge in [0.25, 0.3) is 0 Å². The molecule has 0 amide bonds. The van der Waals surface area contributed by atoms with E-state index in [0.29, 0.717) is 11.6 Å². The Labute approximate surface area is 194 Å². The molecule has 1 aliphatic carbocycles. The number of likely N-dealkylation sites (tertiary alicyclic amines) is 1. The molecule has 0 unspecified atom stereocenters. The predicted molar refractivity (Wildman–Crippen MR) is 127 cm³/mol. The molecular weight excluding hydrogens is 425 g/mol. The molecule has 1 aliphatic heterocycles. The number of halogens is 2. The molecule has 0 radical (unpaired) electrons. The van der Waals surface area contributed by atoms with Crippen molar-refractivity contribution in [1.82, 2.24) is 14.7 Å². The topological polar surface area (TPSA) is 30.3 Å². The van der Waals surface area contributed by atoms with Gasteiger partial charge in [0.1, 0.15) is 5.82 Å². The number of hydrogen-bond acceptors (Lipinski definition) is 3. The Balaban J connectivity index is 1.39. The van der Waals surface area contributed by atoms with E-state index < -0.39 is 0 Å². The van der Waals surface area contributed by atoms with Crippen LogP contribution >= 0.6 is 11.6 Å². The van der Waals surface area contributed by atoms with Crippen molar-refractivity contribution in [1.29, 1.82) is 0 Å². The fraction of sp³-hybridized carbons (Fsp3) is 0.500. The highest BCUT2D eigenvalue weighted by molar-refractivity contribution is 6.31. The lowest BCUT2D eigenvalue weighted by Crippen LogP contribution is -2.44. The van der Waals surface area contributed by atoms with Crippen LogP contribution in [0.3, 0.4) is 0 Å². The van der Waals surface area contributed by atoms with E-state index in [1.165, 1.54) is 12.8 Å². The van der Waals surface area contributed by atoms with E-state index in [-0.39, 0.29) is 17.3 Å². The van der Waals surface area contributed by atoms with Gasteiger partial charge in [-0.15, -0.1) is 0 Å². The van der Waals surface area contributed by atoms with Crippen molar-refractivity contribution >= 4 is 22.5 Å². The third-order valence-corrected chi connectivity index (χ3v) is 7.46. The second-order valence-electron chi connectivity index (χ2n) is 9.77. The molecule has 5 rings (SSSR count). The van der Waals surface area contributed by atoms with Crippen LogP contribution in [0.2, 0.25) is 5.02 Å². The number of nitrogens with zero attached hydrogens (tertiary/aromatic N) is 3. The van der Waals surface area contributed by atoms with Gasteiger partial charge in [-0.2, -0.15) is 5.10 Å². The average Bonchev–Trinajstić information content (AvgIpc) is 3.50. The maximum absolute atomic E-state index is 13.6. The molecule has 0 bridgehead atoms. The smallest absolute Gasteiger partial charge is 0.123 e. The van der Waals surface area contributed by atoms with Crippen molar-refractivity contribution in [3.63, 3.8) is 0 Å². The summed E-state index contributed by atoms with van der Waals surface area (Å²) in [6.45, 7) is 5.65. The Morgan fingerprint density at radius 3 is 2.59 bits per heavy atom. The summed E-state index contributed by atoms with van der Waals surface area (Å²) in [6.07, 6.45) is 6.53. The molecule has 1 saturated heterocycles.